The molecular formula is C11H22Cl2OSn. The molecule has 0 aromatic carbocycles. The van der Waals surface area contributed by atoms with E-state index in [1.54, 1.807) is 0 Å². The summed E-state index contributed by atoms with van der Waals surface area (Å²) in [5.41, 5.74) is 0. The summed E-state index contributed by atoms with van der Waals surface area (Å²) in [6.07, 6.45) is 3.76. The zero-order valence-corrected chi connectivity index (χ0v) is 14.4. The van der Waals surface area contributed by atoms with E-state index in [-0.39, 0.29) is 5.92 Å². The fourth-order valence-electron chi connectivity index (χ4n) is 1.34. The first-order valence-corrected chi connectivity index (χ1v) is 17.1. The zero-order valence-electron chi connectivity index (χ0n) is 9.98. The maximum atomic E-state index is 11.6. The molecule has 1 atom stereocenters. The average molecular weight is 360 g/mol. The summed E-state index contributed by atoms with van der Waals surface area (Å²) < 4.78 is 1.78. The van der Waals surface area contributed by atoms with Gasteiger partial charge in [-0.1, -0.05) is 0 Å². The number of ketones is 1. The summed E-state index contributed by atoms with van der Waals surface area (Å²) in [6, 6.07) is 0. The fraction of sp³-hybridized carbons (Fsp3) is 0.909. The summed E-state index contributed by atoms with van der Waals surface area (Å²) in [6.45, 7) is 6.16. The fourth-order valence-corrected chi connectivity index (χ4v) is 9.35. The third-order valence-electron chi connectivity index (χ3n) is 2.80. The monoisotopic (exact) mass is 360 g/mol. The molecule has 0 aromatic heterocycles. The molecule has 15 heavy (non-hydrogen) atoms. The molecule has 1 unspecified atom stereocenters. The van der Waals surface area contributed by atoms with Crippen molar-refractivity contribution in [2.75, 3.05) is 0 Å². The van der Waals surface area contributed by atoms with Crippen LogP contribution >= 0.6 is 17.8 Å². The molecule has 4 heteroatoms. The van der Waals surface area contributed by atoms with Gasteiger partial charge in [0.15, 0.2) is 0 Å². The number of hydrogen-bond donors (Lipinski definition) is 0. The Morgan fingerprint density at radius 3 is 2.33 bits per heavy atom. The molecule has 0 heterocycles. The van der Waals surface area contributed by atoms with E-state index in [0.29, 0.717) is 12.2 Å². The summed E-state index contributed by atoms with van der Waals surface area (Å²) in [5, 5.41) is 0. The summed E-state index contributed by atoms with van der Waals surface area (Å²) in [5.74, 6) is 0.503. The van der Waals surface area contributed by atoms with Crippen molar-refractivity contribution in [3.05, 3.63) is 0 Å². The van der Waals surface area contributed by atoms with Crippen LogP contribution < -0.4 is 0 Å². The van der Waals surface area contributed by atoms with Gasteiger partial charge in [-0.05, 0) is 0 Å². The van der Waals surface area contributed by atoms with Crippen LogP contribution in [0, 0.1) is 5.92 Å². The molecule has 0 rings (SSSR count). The number of carbonyl (C=O) groups is 1. The number of carbonyl (C=O) groups excluding carboxylic acids is 1. The van der Waals surface area contributed by atoms with Crippen molar-refractivity contribution in [2.45, 2.75) is 55.3 Å². The molecule has 0 aliphatic heterocycles. The Morgan fingerprint density at radius 1 is 1.27 bits per heavy atom. The van der Waals surface area contributed by atoms with Crippen LogP contribution in [-0.4, -0.2) is 21.9 Å². The number of unbranched alkanes of at least 4 members (excludes halogenated alkanes) is 1. The first-order valence-electron chi connectivity index (χ1n) is 5.83. The predicted octanol–water partition coefficient (Wildman–Crippen LogP) is 4.71. The second-order valence-electron chi connectivity index (χ2n) is 4.24. The zero-order chi connectivity index (χ0) is 11.9. The van der Waals surface area contributed by atoms with E-state index >= 15 is 0 Å². The van der Waals surface area contributed by atoms with E-state index in [0.717, 1.165) is 28.1 Å². The topological polar surface area (TPSA) is 17.1 Å². The van der Waals surface area contributed by atoms with Gasteiger partial charge in [-0.3, -0.25) is 0 Å². The summed E-state index contributed by atoms with van der Waals surface area (Å²) in [7, 11) is 12.7. The quantitative estimate of drug-likeness (QED) is 0.573. The normalized spacial score (nSPS) is 13.9. The van der Waals surface area contributed by atoms with Crippen molar-refractivity contribution < 1.29 is 4.79 Å². The van der Waals surface area contributed by atoms with E-state index in [9.17, 15) is 4.79 Å². The van der Waals surface area contributed by atoms with Gasteiger partial charge in [-0.15, -0.1) is 0 Å². The standard InChI is InChI=1S/C7H13O.C4H9.2ClH.Sn/c1-4-6(3)7(8)5-2;1-3-4-2;;;/h6H,2,4-5H2,1,3H3;1,3-4H2,2H3;2*1H;/q;;;;+2/p-2. The predicted molar refractivity (Wildman–Crippen MR) is 71.1 cm³/mol. The molecule has 0 radical (unpaired) electrons. The van der Waals surface area contributed by atoms with Crippen LogP contribution in [0.1, 0.15) is 46.5 Å². The van der Waals surface area contributed by atoms with Crippen LogP contribution in [0.2, 0.25) is 8.87 Å². The summed E-state index contributed by atoms with van der Waals surface area (Å²) in [4.78, 5) is 11.6. The Morgan fingerprint density at radius 2 is 1.87 bits per heavy atom. The number of Topliss-reactive ketones (excluding diaryl/α,β-unsaturated/α-hetero) is 1. The molecule has 0 aliphatic rings. The van der Waals surface area contributed by atoms with Crippen molar-refractivity contribution >= 4 is 39.7 Å². The molecule has 1 nitrogen and oxygen atoms in total. The first-order chi connectivity index (χ1) is 6.93. The molecule has 0 spiro atoms. The molecule has 0 N–H and O–H groups in total. The van der Waals surface area contributed by atoms with E-state index < -0.39 is 16.1 Å². The van der Waals surface area contributed by atoms with Crippen LogP contribution in [0.25, 0.3) is 0 Å². The van der Waals surface area contributed by atoms with Gasteiger partial charge in [-0.25, -0.2) is 0 Å². The molecule has 0 aliphatic carbocycles. The second kappa shape index (κ2) is 8.19. The first kappa shape index (κ1) is 16.0. The van der Waals surface area contributed by atoms with Crippen molar-refractivity contribution in [1.82, 2.24) is 0 Å². The SMILES string of the molecule is CCC[CH2][Sn]([Cl])([Cl])[CH2]CC(=O)C(C)CC. The molecule has 0 aromatic rings. The van der Waals surface area contributed by atoms with Gasteiger partial charge in [0.2, 0.25) is 0 Å². The molecule has 0 saturated heterocycles. The second-order valence-corrected chi connectivity index (χ2v) is 23.0. The van der Waals surface area contributed by atoms with E-state index in [1.807, 2.05) is 13.8 Å². The average Bonchev–Trinajstić information content (AvgIpc) is 2.22. The number of halogens is 2. The van der Waals surface area contributed by atoms with Crippen molar-refractivity contribution in [3.8, 4) is 0 Å². The minimum atomic E-state index is -2.85. The van der Waals surface area contributed by atoms with Crippen LogP contribution in [0.5, 0.6) is 0 Å². The molecule has 0 bridgehead atoms. The molecule has 0 amide bonds. The van der Waals surface area contributed by atoms with Crippen molar-refractivity contribution in [2.24, 2.45) is 5.92 Å². The Kier molecular flexibility index (Phi) is 8.76. The Hall–Kier alpha value is 1.05. The van der Waals surface area contributed by atoms with Gasteiger partial charge in [0.25, 0.3) is 0 Å². The molecular weight excluding hydrogens is 338 g/mol. The Labute approximate surface area is 105 Å². The van der Waals surface area contributed by atoms with Gasteiger partial charge in [0.05, 0.1) is 0 Å². The third kappa shape index (κ3) is 7.87. The van der Waals surface area contributed by atoms with Gasteiger partial charge < -0.3 is 0 Å². The van der Waals surface area contributed by atoms with Crippen LogP contribution in [-0.2, 0) is 4.79 Å². The van der Waals surface area contributed by atoms with E-state index in [2.05, 4.69) is 6.92 Å². The minimum absolute atomic E-state index is 0.173. The van der Waals surface area contributed by atoms with Gasteiger partial charge in [-0.2, -0.15) is 0 Å². The van der Waals surface area contributed by atoms with E-state index in [4.69, 9.17) is 17.8 Å². The van der Waals surface area contributed by atoms with Crippen LogP contribution in [0.15, 0.2) is 0 Å². The van der Waals surface area contributed by atoms with Crippen molar-refractivity contribution in [3.63, 3.8) is 0 Å². The molecule has 0 saturated carbocycles. The molecule has 0 fully saturated rings. The van der Waals surface area contributed by atoms with Gasteiger partial charge in [0.1, 0.15) is 0 Å². The van der Waals surface area contributed by atoms with Gasteiger partial charge in [0, 0.05) is 0 Å². The summed E-state index contributed by atoms with van der Waals surface area (Å²) >= 11 is -2.85. The van der Waals surface area contributed by atoms with Crippen molar-refractivity contribution in [1.29, 1.82) is 0 Å². The number of rotatable bonds is 8. The number of hydrogen-bond acceptors (Lipinski definition) is 1. The maximum absolute atomic E-state index is 11.6. The Bertz CT molecular complexity index is 195. The van der Waals surface area contributed by atoms with Gasteiger partial charge >= 0.3 is 106 Å². The third-order valence-corrected chi connectivity index (χ3v) is 13.8. The van der Waals surface area contributed by atoms with Crippen LogP contribution in [0.4, 0.5) is 0 Å². The molecule has 90 valence electrons. The van der Waals surface area contributed by atoms with Crippen LogP contribution in [0.3, 0.4) is 0 Å². The Balaban J connectivity index is 3.86. The van der Waals surface area contributed by atoms with E-state index in [1.165, 1.54) is 0 Å².